The van der Waals surface area contributed by atoms with Crippen LogP contribution in [0.15, 0.2) is 17.8 Å². The molecule has 0 saturated carbocycles. The molecule has 4 rings (SSSR count). The second kappa shape index (κ2) is 5.92. The van der Waals surface area contributed by atoms with Crippen molar-refractivity contribution in [1.82, 2.24) is 19.7 Å². The first-order chi connectivity index (χ1) is 12.0. The van der Waals surface area contributed by atoms with Crippen LogP contribution in [-0.4, -0.2) is 63.0 Å². The Balaban J connectivity index is 1.56. The average molecular weight is 362 g/mol. The maximum Gasteiger partial charge on any atom is 0.311 e. The van der Waals surface area contributed by atoms with E-state index in [4.69, 9.17) is 4.74 Å². The van der Waals surface area contributed by atoms with Crippen LogP contribution in [0.4, 0.5) is 0 Å². The van der Waals surface area contributed by atoms with E-state index in [1.807, 2.05) is 13.2 Å². The van der Waals surface area contributed by atoms with Gasteiger partial charge in [-0.25, -0.2) is 4.98 Å². The Kier molecular flexibility index (Phi) is 3.84. The van der Waals surface area contributed by atoms with Crippen LogP contribution in [0.2, 0.25) is 0 Å². The lowest BCUT2D eigenvalue weighted by atomic mass is 9.74. The van der Waals surface area contributed by atoms with Gasteiger partial charge in [0, 0.05) is 49.8 Å². The third-order valence-corrected chi connectivity index (χ3v) is 5.99. The molecule has 1 amide bonds. The fourth-order valence-corrected chi connectivity index (χ4v) is 4.42. The van der Waals surface area contributed by atoms with Gasteiger partial charge < -0.3 is 14.7 Å². The number of thiazole rings is 1. The monoisotopic (exact) mass is 362 g/mol. The summed E-state index contributed by atoms with van der Waals surface area (Å²) in [6.45, 7) is 1.42. The zero-order chi connectivity index (χ0) is 17.6. The van der Waals surface area contributed by atoms with Crippen molar-refractivity contribution in [2.24, 2.45) is 18.4 Å². The number of carbonyl (C=O) groups excluding carboxylic acids is 1. The van der Waals surface area contributed by atoms with E-state index in [9.17, 15) is 14.7 Å². The van der Waals surface area contributed by atoms with Crippen molar-refractivity contribution in [1.29, 1.82) is 0 Å². The van der Waals surface area contributed by atoms with Crippen molar-refractivity contribution in [3.8, 4) is 10.6 Å². The number of fused-ring (bicyclic) bond motifs is 1. The molecule has 8 nitrogen and oxygen atoms in total. The van der Waals surface area contributed by atoms with Crippen molar-refractivity contribution >= 4 is 23.2 Å². The second-order valence-corrected chi connectivity index (χ2v) is 7.47. The maximum absolute atomic E-state index is 12.8. The number of aryl methyl sites for hydroxylation is 1. The zero-order valence-corrected chi connectivity index (χ0v) is 14.5. The van der Waals surface area contributed by atoms with Gasteiger partial charge in [-0.2, -0.15) is 5.10 Å². The third-order valence-electron chi connectivity index (χ3n) is 5.10. The average Bonchev–Trinajstić information content (AvgIpc) is 3.31. The van der Waals surface area contributed by atoms with Crippen LogP contribution >= 0.6 is 11.3 Å². The summed E-state index contributed by atoms with van der Waals surface area (Å²) in [6, 6.07) is 0. The van der Waals surface area contributed by atoms with Crippen LogP contribution in [0.5, 0.6) is 0 Å². The molecular weight excluding hydrogens is 344 g/mol. The Morgan fingerprint density at radius 2 is 2.32 bits per heavy atom. The van der Waals surface area contributed by atoms with Crippen LogP contribution in [0, 0.1) is 11.3 Å². The number of nitrogens with zero attached hydrogens (tertiary/aromatic N) is 4. The number of carboxylic acid groups (broad SMARTS) is 1. The maximum atomic E-state index is 12.8. The minimum absolute atomic E-state index is 0.167. The van der Waals surface area contributed by atoms with Crippen LogP contribution in [0.25, 0.3) is 10.6 Å². The molecule has 0 bridgehead atoms. The number of rotatable bonds is 3. The van der Waals surface area contributed by atoms with E-state index in [0.717, 1.165) is 10.6 Å². The summed E-state index contributed by atoms with van der Waals surface area (Å²) in [5.41, 5.74) is 0.317. The number of aliphatic carboxylic acids is 1. The number of aromatic nitrogens is 3. The smallest absolute Gasteiger partial charge is 0.311 e. The minimum Gasteiger partial charge on any atom is -0.481 e. The van der Waals surface area contributed by atoms with Crippen molar-refractivity contribution in [2.45, 2.75) is 6.42 Å². The highest BCUT2D eigenvalue weighted by Crippen LogP contribution is 2.43. The van der Waals surface area contributed by atoms with Crippen LogP contribution < -0.4 is 0 Å². The molecule has 2 aliphatic rings. The predicted molar refractivity (Wildman–Crippen MR) is 89.2 cm³/mol. The van der Waals surface area contributed by atoms with Crippen LogP contribution in [0.3, 0.4) is 0 Å². The Hall–Kier alpha value is -2.26. The Labute approximate surface area is 148 Å². The van der Waals surface area contributed by atoms with Gasteiger partial charge in [-0.05, 0) is 6.42 Å². The van der Waals surface area contributed by atoms with Crippen LogP contribution in [-0.2, 0) is 16.6 Å². The molecule has 2 atom stereocenters. The summed E-state index contributed by atoms with van der Waals surface area (Å²) in [7, 11) is 1.82. The number of ether oxygens (including phenoxy) is 1. The molecule has 2 fully saturated rings. The van der Waals surface area contributed by atoms with Gasteiger partial charge in [-0.1, -0.05) is 0 Å². The summed E-state index contributed by atoms with van der Waals surface area (Å²) in [5.74, 6) is -1.23. The molecule has 132 valence electrons. The summed E-state index contributed by atoms with van der Waals surface area (Å²) in [5, 5.41) is 16.3. The quantitative estimate of drug-likeness (QED) is 0.878. The Morgan fingerprint density at radius 1 is 1.48 bits per heavy atom. The molecule has 0 radical (unpaired) electrons. The van der Waals surface area contributed by atoms with Gasteiger partial charge in [0.05, 0.1) is 18.2 Å². The first kappa shape index (κ1) is 16.2. The zero-order valence-electron chi connectivity index (χ0n) is 13.7. The largest absolute Gasteiger partial charge is 0.481 e. The fourth-order valence-electron chi connectivity index (χ4n) is 3.65. The summed E-state index contributed by atoms with van der Waals surface area (Å²) in [6.07, 6.45) is 3.98. The van der Waals surface area contributed by atoms with E-state index in [2.05, 4.69) is 10.1 Å². The van der Waals surface area contributed by atoms with Gasteiger partial charge in [0.15, 0.2) is 0 Å². The highest BCUT2D eigenvalue weighted by Gasteiger charge is 2.55. The number of hydrogen-bond acceptors (Lipinski definition) is 6. The predicted octanol–water partition coefficient (Wildman–Crippen LogP) is 1.11. The number of hydrogen-bond donors (Lipinski definition) is 1. The fraction of sp³-hybridized carbons (Fsp3) is 0.500. The molecule has 4 heterocycles. The molecular formula is C16H18N4O4S. The van der Waals surface area contributed by atoms with E-state index >= 15 is 0 Å². The SMILES string of the molecule is Cn1cc(-c2nc(C(=O)N3C[C@H]4COCC[C@@]4(C(=O)O)C3)cs2)cn1. The van der Waals surface area contributed by atoms with Crippen molar-refractivity contribution < 1.29 is 19.4 Å². The lowest BCUT2D eigenvalue weighted by Crippen LogP contribution is -2.45. The molecule has 0 spiro atoms. The first-order valence-electron chi connectivity index (χ1n) is 8.04. The van der Waals surface area contributed by atoms with Gasteiger partial charge in [0.1, 0.15) is 10.7 Å². The summed E-state index contributed by atoms with van der Waals surface area (Å²) < 4.78 is 7.11. The molecule has 2 aromatic rings. The molecule has 2 saturated heterocycles. The summed E-state index contributed by atoms with van der Waals surface area (Å²) >= 11 is 1.38. The van der Waals surface area contributed by atoms with E-state index in [0.29, 0.717) is 31.9 Å². The topological polar surface area (TPSA) is 97.6 Å². The number of carbonyl (C=O) groups is 2. The molecule has 0 aliphatic carbocycles. The van der Waals surface area contributed by atoms with Crippen molar-refractivity contribution in [3.05, 3.63) is 23.5 Å². The second-order valence-electron chi connectivity index (χ2n) is 6.61. The molecule has 0 aromatic carbocycles. The molecule has 2 aliphatic heterocycles. The number of carboxylic acids is 1. The van der Waals surface area contributed by atoms with Gasteiger partial charge in [0.25, 0.3) is 5.91 Å². The normalized spacial score (nSPS) is 25.8. The lowest BCUT2D eigenvalue weighted by Gasteiger charge is -2.33. The van der Waals surface area contributed by atoms with E-state index in [1.54, 1.807) is 21.2 Å². The lowest BCUT2D eigenvalue weighted by molar-refractivity contribution is -0.157. The van der Waals surface area contributed by atoms with E-state index in [1.165, 1.54) is 11.3 Å². The van der Waals surface area contributed by atoms with Crippen molar-refractivity contribution in [2.75, 3.05) is 26.3 Å². The highest BCUT2D eigenvalue weighted by atomic mass is 32.1. The van der Waals surface area contributed by atoms with Crippen LogP contribution in [0.1, 0.15) is 16.9 Å². The Bertz CT molecular complexity index is 832. The van der Waals surface area contributed by atoms with Gasteiger partial charge >= 0.3 is 5.97 Å². The molecule has 2 aromatic heterocycles. The summed E-state index contributed by atoms with van der Waals surface area (Å²) in [4.78, 5) is 30.7. The minimum atomic E-state index is -0.893. The standard InChI is InChI=1S/C16H18N4O4S/c1-19-5-10(4-17-19)13-18-12(8-25-13)14(21)20-6-11-7-24-3-2-16(11,9-20)15(22)23/h4-5,8,11H,2-3,6-7,9H2,1H3,(H,22,23)/t11-,16+/m0/s1. The molecule has 25 heavy (non-hydrogen) atoms. The Morgan fingerprint density at radius 3 is 3.00 bits per heavy atom. The van der Waals surface area contributed by atoms with Gasteiger partial charge in [-0.3, -0.25) is 14.3 Å². The molecule has 1 N–H and O–H groups in total. The first-order valence-corrected chi connectivity index (χ1v) is 8.92. The van der Waals surface area contributed by atoms with Gasteiger partial charge in [0.2, 0.25) is 0 Å². The van der Waals surface area contributed by atoms with Crippen molar-refractivity contribution in [3.63, 3.8) is 0 Å². The third kappa shape index (κ3) is 2.63. The van der Waals surface area contributed by atoms with Gasteiger partial charge in [-0.15, -0.1) is 11.3 Å². The molecule has 9 heteroatoms. The highest BCUT2D eigenvalue weighted by molar-refractivity contribution is 7.13. The molecule has 0 unspecified atom stereocenters. The van der Waals surface area contributed by atoms with E-state index < -0.39 is 11.4 Å². The number of amides is 1. The number of likely N-dealkylation sites (tertiary alicyclic amines) is 1. The van der Waals surface area contributed by atoms with E-state index in [-0.39, 0.29) is 18.4 Å².